The first-order valence-corrected chi connectivity index (χ1v) is 6.99. The number of anilines is 1. The van der Waals surface area contributed by atoms with Gasteiger partial charge in [-0.2, -0.15) is 0 Å². The lowest BCUT2D eigenvalue weighted by molar-refractivity contribution is -0.139. The number of carbonyl (C=O) groups excluding carboxylic acids is 2. The van der Waals surface area contributed by atoms with Crippen molar-refractivity contribution in [3.8, 4) is 0 Å². The summed E-state index contributed by atoms with van der Waals surface area (Å²) < 4.78 is 0. The summed E-state index contributed by atoms with van der Waals surface area (Å²) in [6, 6.07) is 8.00. The zero-order valence-electron chi connectivity index (χ0n) is 10.9. The summed E-state index contributed by atoms with van der Waals surface area (Å²) in [7, 11) is 0. The maximum Gasteiger partial charge on any atom is 0.327 e. The molecule has 0 radical (unpaired) electrons. The Morgan fingerprint density at radius 3 is 2.55 bits per heavy atom. The van der Waals surface area contributed by atoms with Gasteiger partial charge in [-0.3, -0.25) is 9.59 Å². The Hall–Kier alpha value is -2.02. The van der Waals surface area contributed by atoms with Gasteiger partial charge in [-0.15, -0.1) is 11.8 Å². The molecule has 0 aliphatic rings. The monoisotopic (exact) mass is 296 g/mol. The quantitative estimate of drug-likeness (QED) is 0.621. The molecule has 0 fully saturated rings. The highest BCUT2D eigenvalue weighted by Crippen LogP contribution is 2.15. The molecule has 0 saturated heterocycles. The Morgan fingerprint density at radius 2 is 2.00 bits per heavy atom. The van der Waals surface area contributed by atoms with Crippen LogP contribution >= 0.6 is 11.8 Å². The van der Waals surface area contributed by atoms with Crippen LogP contribution < -0.4 is 10.6 Å². The van der Waals surface area contributed by atoms with E-state index in [-0.39, 0.29) is 11.7 Å². The van der Waals surface area contributed by atoms with E-state index in [9.17, 15) is 14.4 Å². The van der Waals surface area contributed by atoms with Crippen LogP contribution in [0.1, 0.15) is 6.92 Å². The van der Waals surface area contributed by atoms with Crippen LogP contribution in [0.5, 0.6) is 0 Å². The summed E-state index contributed by atoms with van der Waals surface area (Å²) in [5.74, 6) is -1.21. The highest BCUT2D eigenvalue weighted by Gasteiger charge is 2.20. The molecule has 7 heteroatoms. The average Bonchev–Trinajstić information content (AvgIpc) is 2.43. The van der Waals surface area contributed by atoms with Crippen molar-refractivity contribution in [1.82, 2.24) is 5.32 Å². The lowest BCUT2D eigenvalue weighted by Gasteiger charge is -2.15. The van der Waals surface area contributed by atoms with Crippen molar-refractivity contribution in [2.24, 2.45) is 0 Å². The summed E-state index contributed by atoms with van der Waals surface area (Å²) in [6.07, 6.45) is 0.341. The first-order chi connectivity index (χ1) is 9.54. The number of carboxylic acids is 1. The van der Waals surface area contributed by atoms with Crippen molar-refractivity contribution in [3.63, 3.8) is 0 Å². The van der Waals surface area contributed by atoms with E-state index in [0.717, 1.165) is 0 Å². The maximum atomic E-state index is 11.9. The molecular formula is C13H16N2O4S. The summed E-state index contributed by atoms with van der Waals surface area (Å²) in [6.45, 7) is 1.68. The summed E-state index contributed by atoms with van der Waals surface area (Å²) in [5.41, 5.74) is 0.686. The van der Waals surface area contributed by atoms with Crippen LogP contribution in [-0.4, -0.2) is 40.4 Å². The Kier molecular flexibility index (Phi) is 6.58. The minimum absolute atomic E-state index is 0.122. The van der Waals surface area contributed by atoms with Gasteiger partial charge in [0.1, 0.15) is 6.04 Å². The van der Waals surface area contributed by atoms with Crippen molar-refractivity contribution in [2.75, 3.05) is 11.1 Å². The molecule has 1 aromatic rings. The largest absolute Gasteiger partial charge is 0.480 e. The van der Waals surface area contributed by atoms with Gasteiger partial charge in [-0.05, 0) is 19.1 Å². The highest BCUT2D eigenvalue weighted by atomic mass is 32.2. The van der Waals surface area contributed by atoms with Crippen molar-refractivity contribution in [3.05, 3.63) is 30.3 Å². The van der Waals surface area contributed by atoms with Gasteiger partial charge in [-0.25, -0.2) is 4.79 Å². The van der Waals surface area contributed by atoms with Gasteiger partial charge >= 0.3 is 5.97 Å². The fraction of sp³-hybridized carbons (Fsp3) is 0.308. The summed E-state index contributed by atoms with van der Waals surface area (Å²) in [4.78, 5) is 33.0. The zero-order chi connectivity index (χ0) is 15.0. The molecule has 1 rings (SSSR count). The average molecular weight is 296 g/mol. The van der Waals surface area contributed by atoms with Crippen molar-refractivity contribution in [2.45, 2.75) is 18.2 Å². The van der Waals surface area contributed by atoms with E-state index in [1.54, 1.807) is 19.1 Å². The van der Waals surface area contributed by atoms with E-state index in [1.807, 2.05) is 18.2 Å². The lowest BCUT2D eigenvalue weighted by Crippen LogP contribution is -2.38. The van der Waals surface area contributed by atoms with Crippen molar-refractivity contribution >= 4 is 35.7 Å². The lowest BCUT2D eigenvalue weighted by atomic mass is 10.3. The number of nitrogens with one attached hydrogen (secondary N) is 2. The second kappa shape index (κ2) is 8.21. The fourth-order valence-corrected chi connectivity index (χ4v) is 2.28. The van der Waals surface area contributed by atoms with Gasteiger partial charge in [0.25, 0.3) is 0 Å². The molecule has 2 atom stereocenters. The van der Waals surface area contributed by atoms with Crippen LogP contribution in [0.3, 0.4) is 0 Å². The Labute approximate surface area is 120 Å². The minimum Gasteiger partial charge on any atom is -0.480 e. The van der Waals surface area contributed by atoms with Crippen LogP contribution in [0.15, 0.2) is 30.3 Å². The molecule has 0 aromatic heterocycles. The van der Waals surface area contributed by atoms with Gasteiger partial charge in [0.2, 0.25) is 12.3 Å². The van der Waals surface area contributed by atoms with Crippen molar-refractivity contribution < 1.29 is 19.5 Å². The predicted molar refractivity (Wildman–Crippen MR) is 77.6 cm³/mol. The third kappa shape index (κ3) is 5.31. The maximum absolute atomic E-state index is 11.9. The normalized spacial score (nSPS) is 13.1. The van der Waals surface area contributed by atoms with E-state index < -0.39 is 17.3 Å². The van der Waals surface area contributed by atoms with Gasteiger partial charge in [0.05, 0.1) is 5.25 Å². The number of amides is 2. The Bertz CT molecular complexity index is 467. The second-order valence-electron chi connectivity index (χ2n) is 4.01. The first-order valence-electron chi connectivity index (χ1n) is 5.94. The molecule has 108 valence electrons. The van der Waals surface area contributed by atoms with Crippen LogP contribution in [0.2, 0.25) is 0 Å². The molecule has 0 spiro atoms. The number of rotatable bonds is 8. The van der Waals surface area contributed by atoms with E-state index in [0.29, 0.717) is 12.1 Å². The first kappa shape index (κ1) is 16.0. The molecule has 2 unspecified atom stereocenters. The number of benzene rings is 1. The molecule has 0 bridgehead atoms. The third-order valence-electron chi connectivity index (χ3n) is 2.49. The molecule has 0 aliphatic carbocycles. The molecule has 1 aromatic carbocycles. The van der Waals surface area contributed by atoms with E-state index in [4.69, 9.17) is 5.11 Å². The zero-order valence-corrected chi connectivity index (χ0v) is 11.7. The highest BCUT2D eigenvalue weighted by molar-refractivity contribution is 8.00. The molecule has 0 aliphatic heterocycles. The van der Waals surface area contributed by atoms with Crippen LogP contribution in [-0.2, 0) is 14.4 Å². The topological polar surface area (TPSA) is 95.5 Å². The van der Waals surface area contributed by atoms with Crippen molar-refractivity contribution in [1.29, 1.82) is 0 Å². The van der Waals surface area contributed by atoms with Gasteiger partial charge in [-0.1, -0.05) is 18.2 Å². The number of aliphatic carboxylic acids is 1. The van der Waals surface area contributed by atoms with E-state index >= 15 is 0 Å². The van der Waals surface area contributed by atoms with Crippen LogP contribution in [0.25, 0.3) is 0 Å². The smallest absolute Gasteiger partial charge is 0.327 e. The standard InChI is InChI=1S/C13H16N2O4S/c1-9(20-7-11(13(18)19)14-8-16)12(17)15-10-5-3-2-4-6-10/h2-6,8-9,11H,7H2,1H3,(H,14,16)(H,15,17)(H,18,19). The molecule has 2 amide bonds. The summed E-state index contributed by atoms with van der Waals surface area (Å²) >= 11 is 1.17. The molecule has 0 saturated carbocycles. The van der Waals surface area contributed by atoms with Crippen LogP contribution in [0.4, 0.5) is 5.69 Å². The fourth-order valence-electron chi connectivity index (χ4n) is 1.35. The number of hydrogen-bond acceptors (Lipinski definition) is 4. The van der Waals surface area contributed by atoms with Crippen LogP contribution in [0, 0.1) is 0 Å². The van der Waals surface area contributed by atoms with E-state index in [2.05, 4.69) is 10.6 Å². The molecular weight excluding hydrogens is 280 g/mol. The van der Waals surface area contributed by atoms with Gasteiger partial charge in [0, 0.05) is 11.4 Å². The summed E-state index contributed by atoms with van der Waals surface area (Å²) in [5, 5.41) is 13.4. The number of hydrogen-bond donors (Lipinski definition) is 3. The molecule has 0 heterocycles. The number of carboxylic acid groups (broad SMARTS) is 1. The Balaban J connectivity index is 2.45. The molecule has 6 nitrogen and oxygen atoms in total. The third-order valence-corrected chi connectivity index (χ3v) is 3.73. The number of para-hydroxylation sites is 1. The predicted octanol–water partition coefficient (Wildman–Crippen LogP) is 0.946. The number of carbonyl (C=O) groups is 3. The minimum atomic E-state index is -1.12. The van der Waals surface area contributed by atoms with E-state index in [1.165, 1.54) is 11.8 Å². The number of thioether (sulfide) groups is 1. The molecule has 20 heavy (non-hydrogen) atoms. The van der Waals surface area contributed by atoms with Gasteiger partial charge in [0.15, 0.2) is 0 Å². The second-order valence-corrected chi connectivity index (χ2v) is 5.38. The SMILES string of the molecule is CC(SCC(NC=O)C(=O)O)C(=O)Nc1ccccc1. The molecule has 3 N–H and O–H groups in total. The van der Waals surface area contributed by atoms with Gasteiger partial charge < -0.3 is 15.7 Å². The Morgan fingerprint density at radius 1 is 1.35 bits per heavy atom.